The van der Waals surface area contributed by atoms with Crippen LogP contribution in [-0.2, 0) is 0 Å². The second-order valence-electron chi connectivity index (χ2n) is 4.65. The first kappa shape index (κ1) is 13.6. The molecule has 18 heavy (non-hydrogen) atoms. The largest absolute Gasteiger partial charge is 0.453 e. The van der Waals surface area contributed by atoms with Gasteiger partial charge in [0.15, 0.2) is 11.5 Å². The number of halogens is 1. The first-order chi connectivity index (χ1) is 8.56. The van der Waals surface area contributed by atoms with Crippen molar-refractivity contribution in [3.63, 3.8) is 0 Å². The molecular formula is C13H18BrNO3. The van der Waals surface area contributed by atoms with E-state index in [0.717, 1.165) is 27.1 Å². The van der Waals surface area contributed by atoms with Crippen LogP contribution in [0.2, 0.25) is 0 Å². The average Bonchev–Trinajstić information content (AvgIpc) is 2.77. The topological polar surface area (TPSA) is 50.7 Å². The van der Waals surface area contributed by atoms with Gasteiger partial charge in [-0.05, 0) is 40.5 Å². The van der Waals surface area contributed by atoms with Gasteiger partial charge in [0.25, 0.3) is 0 Å². The van der Waals surface area contributed by atoms with Crippen molar-refractivity contribution in [1.82, 2.24) is 5.32 Å². The van der Waals surface area contributed by atoms with E-state index in [9.17, 15) is 5.11 Å². The second kappa shape index (κ2) is 5.47. The van der Waals surface area contributed by atoms with Gasteiger partial charge in [0.1, 0.15) is 0 Å². The molecule has 1 unspecified atom stereocenters. The fourth-order valence-corrected chi connectivity index (χ4v) is 2.78. The van der Waals surface area contributed by atoms with E-state index in [4.69, 9.17) is 9.47 Å². The van der Waals surface area contributed by atoms with Gasteiger partial charge in [0.05, 0.1) is 10.6 Å². The van der Waals surface area contributed by atoms with Crippen LogP contribution in [-0.4, -0.2) is 25.5 Å². The van der Waals surface area contributed by atoms with Crippen LogP contribution in [0.1, 0.15) is 37.0 Å². The first-order valence-electron chi connectivity index (χ1n) is 6.00. The van der Waals surface area contributed by atoms with Crippen molar-refractivity contribution < 1.29 is 14.6 Å². The van der Waals surface area contributed by atoms with Crippen LogP contribution in [0.5, 0.6) is 11.5 Å². The molecule has 4 nitrogen and oxygen atoms in total. The molecule has 0 aliphatic carbocycles. The van der Waals surface area contributed by atoms with E-state index < -0.39 is 6.10 Å². The van der Waals surface area contributed by atoms with E-state index in [1.807, 2.05) is 13.1 Å². The highest BCUT2D eigenvalue weighted by atomic mass is 79.9. The summed E-state index contributed by atoms with van der Waals surface area (Å²) in [6, 6.07) is 1.92. The molecule has 100 valence electrons. The minimum atomic E-state index is -0.557. The predicted octanol–water partition coefficient (Wildman–Crippen LogP) is 2.55. The smallest absolute Gasteiger partial charge is 0.231 e. The zero-order chi connectivity index (χ0) is 13.3. The molecule has 1 aliphatic rings. The SMILES string of the molecule is CNCC(O)c1cc(Br)c2c(c1C(C)C)OCO2. The molecule has 2 N–H and O–H groups in total. The molecule has 1 atom stereocenters. The normalized spacial score (nSPS) is 15.2. The molecule has 0 aromatic heterocycles. The van der Waals surface area contributed by atoms with Gasteiger partial charge in [-0.1, -0.05) is 13.8 Å². The first-order valence-corrected chi connectivity index (χ1v) is 6.80. The lowest BCUT2D eigenvalue weighted by atomic mass is 9.92. The fraction of sp³-hybridized carbons (Fsp3) is 0.538. The molecule has 5 heteroatoms. The van der Waals surface area contributed by atoms with Crippen molar-refractivity contribution in [3.05, 3.63) is 21.7 Å². The summed E-state index contributed by atoms with van der Waals surface area (Å²) in [5.41, 5.74) is 1.91. The van der Waals surface area contributed by atoms with E-state index in [2.05, 4.69) is 35.1 Å². The van der Waals surface area contributed by atoms with Crippen molar-refractivity contribution >= 4 is 15.9 Å². The molecular weight excluding hydrogens is 298 g/mol. The van der Waals surface area contributed by atoms with Crippen LogP contribution in [0, 0.1) is 0 Å². The van der Waals surface area contributed by atoms with Crippen LogP contribution in [0.25, 0.3) is 0 Å². The van der Waals surface area contributed by atoms with Gasteiger partial charge in [-0.2, -0.15) is 0 Å². The van der Waals surface area contributed by atoms with Crippen molar-refractivity contribution in [1.29, 1.82) is 0 Å². The standard InChI is InChI=1S/C13H18BrNO3/c1-7(2)11-8(10(16)5-15-3)4-9(14)12-13(11)18-6-17-12/h4,7,10,15-16H,5-6H2,1-3H3. The monoisotopic (exact) mass is 315 g/mol. The van der Waals surface area contributed by atoms with Gasteiger partial charge in [0.2, 0.25) is 6.79 Å². The second-order valence-corrected chi connectivity index (χ2v) is 5.51. The Hall–Kier alpha value is -0.780. The highest BCUT2D eigenvalue weighted by molar-refractivity contribution is 9.10. The van der Waals surface area contributed by atoms with Crippen molar-refractivity contribution in [3.8, 4) is 11.5 Å². The summed E-state index contributed by atoms with van der Waals surface area (Å²) in [7, 11) is 1.82. The Balaban J connectivity index is 2.55. The van der Waals surface area contributed by atoms with Gasteiger partial charge in [-0.15, -0.1) is 0 Å². The lowest BCUT2D eigenvalue weighted by molar-refractivity contribution is 0.169. The molecule has 1 heterocycles. The molecule has 0 amide bonds. The Bertz CT molecular complexity index is 448. The average molecular weight is 316 g/mol. The third kappa shape index (κ3) is 2.35. The summed E-state index contributed by atoms with van der Waals surface area (Å²) in [5.74, 6) is 1.75. The van der Waals surface area contributed by atoms with Crippen LogP contribution >= 0.6 is 15.9 Å². The predicted molar refractivity (Wildman–Crippen MR) is 73.2 cm³/mol. The Morgan fingerprint density at radius 1 is 1.39 bits per heavy atom. The summed E-state index contributed by atoms with van der Waals surface area (Å²) in [5, 5.41) is 13.2. The van der Waals surface area contributed by atoms with E-state index >= 15 is 0 Å². The van der Waals surface area contributed by atoms with Gasteiger partial charge in [-0.25, -0.2) is 0 Å². The summed E-state index contributed by atoms with van der Waals surface area (Å²) in [6.07, 6.45) is -0.557. The number of hydrogen-bond acceptors (Lipinski definition) is 4. The van der Waals surface area contributed by atoms with Crippen molar-refractivity contribution in [2.24, 2.45) is 0 Å². The number of ether oxygens (including phenoxy) is 2. The van der Waals surface area contributed by atoms with Crippen molar-refractivity contribution in [2.45, 2.75) is 25.9 Å². The van der Waals surface area contributed by atoms with Crippen LogP contribution in [0.3, 0.4) is 0 Å². The number of aliphatic hydroxyl groups is 1. The minimum absolute atomic E-state index is 0.235. The van der Waals surface area contributed by atoms with Crippen LogP contribution < -0.4 is 14.8 Å². The number of rotatable bonds is 4. The lowest BCUT2D eigenvalue weighted by Gasteiger charge is -2.20. The summed E-state index contributed by atoms with van der Waals surface area (Å²) in [4.78, 5) is 0. The molecule has 0 spiro atoms. The number of fused-ring (bicyclic) bond motifs is 1. The number of benzene rings is 1. The van der Waals surface area contributed by atoms with Gasteiger partial charge in [0, 0.05) is 12.1 Å². The lowest BCUT2D eigenvalue weighted by Crippen LogP contribution is -2.18. The summed E-state index contributed by atoms with van der Waals surface area (Å²) < 4.78 is 11.8. The fourth-order valence-electron chi connectivity index (χ4n) is 2.24. The molecule has 1 aromatic carbocycles. The van der Waals surface area contributed by atoms with E-state index in [1.54, 1.807) is 0 Å². The third-order valence-electron chi connectivity index (χ3n) is 3.00. The Kier molecular flexibility index (Phi) is 4.14. The molecule has 0 bridgehead atoms. The summed E-state index contributed by atoms with van der Waals surface area (Å²) in [6.45, 7) is 4.91. The zero-order valence-corrected chi connectivity index (χ0v) is 12.4. The Morgan fingerprint density at radius 3 is 2.67 bits per heavy atom. The zero-order valence-electron chi connectivity index (χ0n) is 10.8. The molecule has 2 rings (SSSR count). The van der Waals surface area contributed by atoms with Crippen molar-refractivity contribution in [2.75, 3.05) is 20.4 Å². The number of hydrogen-bond donors (Lipinski definition) is 2. The number of nitrogens with one attached hydrogen (secondary N) is 1. The molecule has 0 saturated carbocycles. The van der Waals surface area contributed by atoms with E-state index in [1.165, 1.54) is 0 Å². The van der Waals surface area contributed by atoms with E-state index in [0.29, 0.717) is 6.54 Å². The quantitative estimate of drug-likeness (QED) is 0.896. The Morgan fingerprint density at radius 2 is 2.06 bits per heavy atom. The van der Waals surface area contributed by atoms with Crippen LogP contribution in [0.4, 0.5) is 0 Å². The molecule has 1 aromatic rings. The minimum Gasteiger partial charge on any atom is -0.453 e. The highest BCUT2D eigenvalue weighted by Gasteiger charge is 2.28. The molecule has 1 aliphatic heterocycles. The van der Waals surface area contributed by atoms with E-state index in [-0.39, 0.29) is 12.7 Å². The van der Waals surface area contributed by atoms with Gasteiger partial charge >= 0.3 is 0 Å². The number of aliphatic hydroxyl groups excluding tert-OH is 1. The number of likely N-dealkylation sites (N-methyl/N-ethyl adjacent to an activating group) is 1. The molecule has 0 fully saturated rings. The maximum atomic E-state index is 10.2. The molecule has 0 saturated heterocycles. The third-order valence-corrected chi connectivity index (χ3v) is 3.59. The van der Waals surface area contributed by atoms with Gasteiger partial charge in [-0.3, -0.25) is 0 Å². The maximum Gasteiger partial charge on any atom is 0.231 e. The molecule has 0 radical (unpaired) electrons. The Labute approximate surface area is 115 Å². The van der Waals surface area contributed by atoms with Crippen LogP contribution in [0.15, 0.2) is 10.5 Å². The highest BCUT2D eigenvalue weighted by Crippen LogP contribution is 2.47. The maximum absolute atomic E-state index is 10.2. The van der Waals surface area contributed by atoms with Gasteiger partial charge < -0.3 is 19.9 Å². The summed E-state index contributed by atoms with van der Waals surface area (Å²) >= 11 is 3.46.